The van der Waals surface area contributed by atoms with E-state index in [1.54, 1.807) is 0 Å². The fraction of sp³-hybridized carbons (Fsp3) is 0.727. The molecule has 158 valence electrons. The summed E-state index contributed by atoms with van der Waals surface area (Å²) in [6.45, 7) is 2.23. The van der Waals surface area contributed by atoms with Crippen LogP contribution in [0, 0.1) is 11.8 Å². The number of hydrogen-bond acceptors (Lipinski definition) is 5. The van der Waals surface area contributed by atoms with Crippen molar-refractivity contribution in [3.63, 3.8) is 0 Å². The van der Waals surface area contributed by atoms with Crippen LogP contribution in [0.4, 0.5) is 0 Å². The Balaban J connectivity index is 1.23. The van der Waals surface area contributed by atoms with E-state index in [0.717, 1.165) is 37.8 Å². The minimum absolute atomic E-state index is 0.0136. The quantitative estimate of drug-likeness (QED) is 0.289. The molecule has 0 N–H and O–H groups in total. The Hall–Kier alpha value is -1.69. The molecule has 2 aromatic rings. The minimum Gasteiger partial charge on any atom is -0.462 e. The van der Waals surface area contributed by atoms with E-state index >= 15 is 0 Å². The van der Waals surface area contributed by atoms with Crippen LogP contribution in [0.25, 0.3) is 11.2 Å². The number of esters is 1. The average molecular weight is 419 g/mol. The van der Waals surface area contributed by atoms with Crippen LogP contribution in [-0.2, 0) is 9.53 Å². The van der Waals surface area contributed by atoms with E-state index in [1.807, 2.05) is 6.33 Å². The highest BCUT2D eigenvalue weighted by molar-refractivity contribution is 6.33. The summed E-state index contributed by atoms with van der Waals surface area (Å²) in [7, 11) is 0. The first-order valence-corrected chi connectivity index (χ1v) is 11.6. The molecule has 2 aliphatic rings. The van der Waals surface area contributed by atoms with Gasteiger partial charge in [-0.3, -0.25) is 4.79 Å². The second kappa shape index (κ2) is 9.41. The SMILES string of the molecule is CCCCCCCCCC(=O)O[C@H]1C[C@H]2C[C@@H]1C[C@@H]2n1cnc2c(Cl)ncnc21. The van der Waals surface area contributed by atoms with E-state index in [1.165, 1.54) is 38.4 Å². The minimum atomic E-state index is -0.0136. The molecule has 2 fully saturated rings. The molecular formula is C22H31ClN4O2. The van der Waals surface area contributed by atoms with Gasteiger partial charge in [-0.15, -0.1) is 0 Å². The normalized spacial score (nSPS) is 25.7. The number of unbranched alkanes of at least 4 members (excludes halogenated alkanes) is 6. The van der Waals surface area contributed by atoms with E-state index in [0.29, 0.717) is 35.0 Å². The highest BCUT2D eigenvalue weighted by atomic mass is 35.5. The first-order valence-electron chi connectivity index (χ1n) is 11.2. The number of carbonyl (C=O) groups excluding carboxylic acids is 1. The number of carbonyl (C=O) groups is 1. The summed E-state index contributed by atoms with van der Waals surface area (Å²) in [6.07, 6.45) is 15.5. The topological polar surface area (TPSA) is 69.9 Å². The van der Waals surface area contributed by atoms with Gasteiger partial charge in [-0.2, -0.15) is 0 Å². The Morgan fingerprint density at radius 2 is 1.86 bits per heavy atom. The monoisotopic (exact) mass is 418 g/mol. The highest BCUT2D eigenvalue weighted by Gasteiger charge is 2.48. The first kappa shape index (κ1) is 20.6. The molecule has 0 saturated heterocycles. The van der Waals surface area contributed by atoms with E-state index in [-0.39, 0.29) is 12.1 Å². The second-order valence-corrected chi connectivity index (χ2v) is 9.04. The van der Waals surface area contributed by atoms with Crippen LogP contribution in [0.15, 0.2) is 12.7 Å². The molecule has 4 atom stereocenters. The Morgan fingerprint density at radius 1 is 1.07 bits per heavy atom. The van der Waals surface area contributed by atoms with E-state index in [2.05, 4.69) is 26.4 Å². The number of rotatable bonds is 10. The third kappa shape index (κ3) is 4.57. The van der Waals surface area contributed by atoms with Gasteiger partial charge in [0.1, 0.15) is 17.9 Å². The summed E-state index contributed by atoms with van der Waals surface area (Å²) >= 11 is 6.14. The van der Waals surface area contributed by atoms with Crippen LogP contribution in [0.3, 0.4) is 0 Å². The van der Waals surface area contributed by atoms with Gasteiger partial charge >= 0.3 is 5.97 Å². The van der Waals surface area contributed by atoms with Crippen LogP contribution in [0.2, 0.25) is 5.15 Å². The summed E-state index contributed by atoms with van der Waals surface area (Å²) in [6, 6.07) is 0.356. The molecule has 0 aromatic carbocycles. The van der Waals surface area contributed by atoms with Crippen LogP contribution in [0.5, 0.6) is 0 Å². The van der Waals surface area contributed by atoms with Gasteiger partial charge in [0.2, 0.25) is 0 Å². The van der Waals surface area contributed by atoms with Crippen molar-refractivity contribution in [2.75, 3.05) is 0 Å². The molecule has 4 rings (SSSR count). The standard InChI is InChI=1S/C22H31ClN4O2/c1-2-3-4-5-6-7-8-9-19(28)29-18-12-15-10-16(18)11-17(15)27-14-26-20-21(23)24-13-25-22(20)27/h13-18H,2-12H2,1H3/t15-,16-,17+,18+/m1/s1. The predicted molar refractivity (Wildman–Crippen MR) is 113 cm³/mol. The lowest BCUT2D eigenvalue weighted by atomic mass is 9.92. The van der Waals surface area contributed by atoms with Gasteiger partial charge in [-0.05, 0) is 37.5 Å². The van der Waals surface area contributed by atoms with E-state index in [4.69, 9.17) is 16.3 Å². The summed E-state index contributed by atoms with van der Waals surface area (Å²) in [5.41, 5.74) is 1.46. The van der Waals surface area contributed by atoms with Crippen molar-refractivity contribution >= 4 is 28.7 Å². The molecule has 2 aliphatic carbocycles. The molecule has 7 heteroatoms. The molecule has 0 aliphatic heterocycles. The molecule has 0 spiro atoms. The third-order valence-corrected chi connectivity index (χ3v) is 6.97. The van der Waals surface area contributed by atoms with Crippen molar-refractivity contribution in [3.8, 4) is 0 Å². The number of hydrogen-bond donors (Lipinski definition) is 0. The van der Waals surface area contributed by atoms with Crippen molar-refractivity contribution < 1.29 is 9.53 Å². The third-order valence-electron chi connectivity index (χ3n) is 6.69. The summed E-state index contributed by atoms with van der Waals surface area (Å²) in [5.74, 6) is 0.931. The molecule has 2 heterocycles. The van der Waals surface area contributed by atoms with Crippen LogP contribution >= 0.6 is 11.6 Å². The van der Waals surface area contributed by atoms with Crippen molar-refractivity contribution in [3.05, 3.63) is 17.8 Å². The molecule has 2 aromatic heterocycles. The Morgan fingerprint density at radius 3 is 2.62 bits per heavy atom. The van der Waals surface area contributed by atoms with Gasteiger partial charge in [0.25, 0.3) is 0 Å². The van der Waals surface area contributed by atoms with Gasteiger partial charge in [-0.1, -0.05) is 57.0 Å². The smallest absolute Gasteiger partial charge is 0.306 e. The van der Waals surface area contributed by atoms with Crippen molar-refractivity contribution in [1.82, 2.24) is 19.5 Å². The molecule has 0 amide bonds. The molecular weight excluding hydrogens is 388 g/mol. The van der Waals surface area contributed by atoms with Gasteiger partial charge in [-0.25, -0.2) is 15.0 Å². The molecule has 6 nitrogen and oxygen atoms in total. The maximum atomic E-state index is 12.3. The number of ether oxygens (including phenoxy) is 1. The number of halogens is 1. The van der Waals surface area contributed by atoms with Crippen molar-refractivity contribution in [2.24, 2.45) is 11.8 Å². The fourth-order valence-electron chi connectivity index (χ4n) is 5.20. The van der Waals surface area contributed by atoms with Gasteiger partial charge in [0, 0.05) is 12.5 Å². The highest BCUT2D eigenvalue weighted by Crippen LogP contribution is 2.52. The van der Waals surface area contributed by atoms with Crippen molar-refractivity contribution in [2.45, 2.75) is 89.7 Å². The zero-order chi connectivity index (χ0) is 20.2. The van der Waals surface area contributed by atoms with Gasteiger partial charge in [0.05, 0.1) is 6.33 Å². The zero-order valence-electron chi connectivity index (χ0n) is 17.2. The molecule has 29 heavy (non-hydrogen) atoms. The number of nitrogens with zero attached hydrogens (tertiary/aromatic N) is 4. The van der Waals surface area contributed by atoms with Gasteiger partial charge < -0.3 is 9.30 Å². The zero-order valence-corrected chi connectivity index (χ0v) is 18.0. The van der Waals surface area contributed by atoms with Crippen LogP contribution in [0.1, 0.15) is 83.6 Å². The first-order chi connectivity index (χ1) is 14.2. The fourth-order valence-corrected chi connectivity index (χ4v) is 5.37. The predicted octanol–water partition coefficient (Wildman–Crippen LogP) is 5.50. The number of imidazole rings is 1. The lowest BCUT2D eigenvalue weighted by molar-refractivity contribution is -0.152. The maximum absolute atomic E-state index is 12.3. The molecule has 0 unspecified atom stereocenters. The lowest BCUT2D eigenvalue weighted by Crippen LogP contribution is -2.28. The maximum Gasteiger partial charge on any atom is 0.306 e. The Bertz CT molecular complexity index is 839. The van der Waals surface area contributed by atoms with E-state index in [9.17, 15) is 4.79 Å². The van der Waals surface area contributed by atoms with Crippen LogP contribution < -0.4 is 0 Å². The largest absolute Gasteiger partial charge is 0.462 e. The van der Waals surface area contributed by atoms with Crippen LogP contribution in [-0.4, -0.2) is 31.6 Å². The van der Waals surface area contributed by atoms with Crippen molar-refractivity contribution in [1.29, 1.82) is 0 Å². The summed E-state index contributed by atoms with van der Waals surface area (Å²) in [5, 5.41) is 0.397. The molecule has 2 bridgehead atoms. The van der Waals surface area contributed by atoms with E-state index < -0.39 is 0 Å². The lowest BCUT2D eigenvalue weighted by Gasteiger charge is -2.28. The summed E-state index contributed by atoms with van der Waals surface area (Å²) < 4.78 is 8.00. The number of fused-ring (bicyclic) bond motifs is 3. The second-order valence-electron chi connectivity index (χ2n) is 8.68. The Kier molecular flexibility index (Phi) is 6.68. The molecule has 2 saturated carbocycles. The number of aromatic nitrogens is 4. The average Bonchev–Trinajstić information content (AvgIpc) is 3.41. The Labute approximate surface area is 177 Å². The summed E-state index contributed by atoms with van der Waals surface area (Å²) in [4.78, 5) is 25.1. The molecule has 0 radical (unpaired) electrons. The van der Waals surface area contributed by atoms with Gasteiger partial charge in [0.15, 0.2) is 10.8 Å².